The van der Waals surface area contributed by atoms with Crippen molar-refractivity contribution in [1.29, 1.82) is 0 Å². The van der Waals surface area contributed by atoms with Crippen LogP contribution >= 0.6 is 0 Å². The van der Waals surface area contributed by atoms with Crippen LogP contribution < -0.4 is 5.43 Å². The van der Waals surface area contributed by atoms with Gasteiger partial charge in [0.2, 0.25) is 0 Å². The Hall–Kier alpha value is -0.873. The summed E-state index contributed by atoms with van der Waals surface area (Å²) in [5, 5.41) is 0. The maximum atomic E-state index is 11.0. The molecule has 0 N–H and O–H groups in total. The summed E-state index contributed by atoms with van der Waals surface area (Å²) in [4.78, 5) is 11.0. The molecular formula is C11H19NO2Si. The summed E-state index contributed by atoms with van der Waals surface area (Å²) in [5.41, 5.74) is 0.0390. The lowest BCUT2D eigenvalue weighted by Gasteiger charge is -2.30. The van der Waals surface area contributed by atoms with Gasteiger partial charge in [-0.1, -0.05) is 19.6 Å². The van der Waals surface area contributed by atoms with Gasteiger partial charge in [-0.3, -0.25) is 4.79 Å². The molecule has 1 unspecified atom stereocenters. The largest absolute Gasteiger partial charge is 0.362 e. The summed E-state index contributed by atoms with van der Waals surface area (Å²) in [6.45, 7) is 9.46. The molecule has 0 saturated carbocycles. The fourth-order valence-corrected chi connectivity index (χ4v) is 3.26. The van der Waals surface area contributed by atoms with Gasteiger partial charge in [-0.05, 0) is 6.92 Å². The third kappa shape index (κ3) is 3.32. The maximum absolute atomic E-state index is 11.0. The molecule has 0 aliphatic rings. The van der Waals surface area contributed by atoms with Gasteiger partial charge in [0.1, 0.15) is 13.9 Å². The average molecular weight is 225 g/mol. The van der Waals surface area contributed by atoms with Crippen molar-refractivity contribution in [2.24, 2.45) is 0 Å². The Morgan fingerprint density at radius 3 is 2.27 bits per heavy atom. The topological polar surface area (TPSA) is 31.2 Å². The van der Waals surface area contributed by atoms with Gasteiger partial charge in [-0.25, -0.2) is 0 Å². The Balaban J connectivity index is 2.99. The molecule has 1 atom stereocenters. The molecule has 0 bridgehead atoms. The molecular weight excluding hydrogens is 206 g/mol. The van der Waals surface area contributed by atoms with Gasteiger partial charge in [-0.2, -0.15) is 0 Å². The van der Waals surface area contributed by atoms with Gasteiger partial charge in [0.25, 0.3) is 0 Å². The molecule has 3 nitrogen and oxygen atoms in total. The van der Waals surface area contributed by atoms with Crippen molar-refractivity contribution in [3.05, 3.63) is 34.7 Å². The van der Waals surface area contributed by atoms with Gasteiger partial charge >= 0.3 is 0 Å². The van der Waals surface area contributed by atoms with Crippen LogP contribution in [0.25, 0.3) is 0 Å². The SMILES string of the molecule is CCOC(n1ccc(=O)cc1)[Si](C)(C)C. The normalized spacial score (nSPS) is 13.9. The van der Waals surface area contributed by atoms with E-state index in [0.717, 1.165) is 0 Å². The molecule has 15 heavy (non-hydrogen) atoms. The van der Waals surface area contributed by atoms with Crippen LogP contribution in [-0.4, -0.2) is 19.2 Å². The minimum absolute atomic E-state index is 0.0390. The highest BCUT2D eigenvalue weighted by Gasteiger charge is 2.28. The third-order valence-corrected chi connectivity index (χ3v) is 4.10. The molecule has 0 amide bonds. The number of hydrogen-bond donors (Lipinski definition) is 0. The van der Waals surface area contributed by atoms with Crippen LogP contribution in [0.2, 0.25) is 19.6 Å². The second-order valence-electron chi connectivity index (χ2n) is 4.65. The second-order valence-corrected chi connectivity index (χ2v) is 9.88. The van der Waals surface area contributed by atoms with Crippen molar-refractivity contribution in [1.82, 2.24) is 4.57 Å². The van der Waals surface area contributed by atoms with E-state index >= 15 is 0 Å². The fraction of sp³-hybridized carbons (Fsp3) is 0.545. The molecule has 0 aliphatic carbocycles. The highest BCUT2D eigenvalue weighted by molar-refractivity contribution is 6.76. The van der Waals surface area contributed by atoms with Crippen molar-refractivity contribution in [3.63, 3.8) is 0 Å². The molecule has 0 spiro atoms. The summed E-state index contributed by atoms with van der Waals surface area (Å²) < 4.78 is 7.75. The summed E-state index contributed by atoms with van der Waals surface area (Å²) in [6, 6.07) is 3.15. The number of aromatic nitrogens is 1. The number of rotatable bonds is 4. The monoisotopic (exact) mass is 225 g/mol. The zero-order valence-electron chi connectivity index (χ0n) is 9.86. The molecule has 0 fully saturated rings. The van der Waals surface area contributed by atoms with Crippen LogP contribution in [-0.2, 0) is 4.74 Å². The van der Waals surface area contributed by atoms with E-state index in [1.807, 2.05) is 11.5 Å². The molecule has 4 heteroatoms. The summed E-state index contributed by atoms with van der Waals surface area (Å²) in [7, 11) is -1.43. The van der Waals surface area contributed by atoms with Crippen LogP contribution in [0.1, 0.15) is 12.8 Å². The van der Waals surface area contributed by atoms with E-state index in [9.17, 15) is 4.79 Å². The molecule has 1 aromatic rings. The lowest BCUT2D eigenvalue weighted by molar-refractivity contribution is 0.0633. The number of pyridine rings is 1. The van der Waals surface area contributed by atoms with E-state index in [1.54, 1.807) is 24.5 Å². The average Bonchev–Trinajstić information content (AvgIpc) is 2.14. The molecule has 1 heterocycles. The Morgan fingerprint density at radius 1 is 1.33 bits per heavy atom. The van der Waals surface area contributed by atoms with Crippen LogP contribution in [0.3, 0.4) is 0 Å². The summed E-state index contributed by atoms with van der Waals surface area (Å²) in [6.07, 6.45) is 3.61. The Labute approximate surface area is 91.7 Å². The first-order chi connectivity index (χ1) is 6.95. The van der Waals surface area contributed by atoms with E-state index in [-0.39, 0.29) is 11.3 Å². The Bertz CT molecular complexity index is 347. The van der Waals surface area contributed by atoms with Gasteiger partial charge in [0, 0.05) is 31.1 Å². The highest BCUT2D eigenvalue weighted by Crippen LogP contribution is 2.21. The molecule has 1 rings (SSSR count). The number of nitrogens with zero attached hydrogens (tertiary/aromatic N) is 1. The zero-order valence-corrected chi connectivity index (χ0v) is 10.9. The molecule has 0 aromatic carbocycles. The first-order valence-corrected chi connectivity index (χ1v) is 8.82. The van der Waals surface area contributed by atoms with Gasteiger partial charge < -0.3 is 9.30 Å². The number of hydrogen-bond acceptors (Lipinski definition) is 2. The van der Waals surface area contributed by atoms with Crippen LogP contribution in [0, 0.1) is 0 Å². The lowest BCUT2D eigenvalue weighted by atomic mass is 10.5. The Morgan fingerprint density at radius 2 is 1.87 bits per heavy atom. The van der Waals surface area contributed by atoms with Crippen LogP contribution in [0.5, 0.6) is 0 Å². The standard InChI is InChI=1S/C11H19NO2Si/c1-5-14-11(15(2,3)4)12-8-6-10(13)7-9-12/h6-9,11H,5H2,1-4H3. The highest BCUT2D eigenvalue weighted by atomic mass is 28.3. The first kappa shape index (κ1) is 12.2. The Kier molecular flexibility index (Phi) is 3.88. The predicted octanol–water partition coefficient (Wildman–Crippen LogP) is 2.26. The van der Waals surface area contributed by atoms with Crippen LogP contribution in [0.15, 0.2) is 29.3 Å². The second kappa shape index (κ2) is 4.77. The van der Waals surface area contributed by atoms with Crippen LogP contribution in [0.4, 0.5) is 0 Å². The van der Waals surface area contributed by atoms with E-state index in [2.05, 4.69) is 19.6 Å². The summed E-state index contributed by atoms with van der Waals surface area (Å²) >= 11 is 0. The van der Waals surface area contributed by atoms with E-state index in [1.165, 1.54) is 0 Å². The third-order valence-electron chi connectivity index (χ3n) is 2.16. The molecule has 1 aromatic heterocycles. The van der Waals surface area contributed by atoms with Crippen molar-refractivity contribution >= 4 is 8.07 Å². The van der Waals surface area contributed by atoms with Gasteiger partial charge in [0.15, 0.2) is 5.43 Å². The molecule has 0 saturated heterocycles. The fourth-order valence-electron chi connectivity index (χ4n) is 1.52. The minimum Gasteiger partial charge on any atom is -0.362 e. The first-order valence-electron chi connectivity index (χ1n) is 5.24. The lowest BCUT2D eigenvalue weighted by Crippen LogP contribution is -2.37. The van der Waals surface area contributed by atoms with E-state index in [4.69, 9.17) is 4.74 Å². The molecule has 0 aliphatic heterocycles. The quantitative estimate of drug-likeness (QED) is 0.736. The van der Waals surface area contributed by atoms with Gasteiger partial charge in [0.05, 0.1) is 0 Å². The van der Waals surface area contributed by atoms with E-state index < -0.39 is 8.07 Å². The van der Waals surface area contributed by atoms with Crippen molar-refractivity contribution in [2.45, 2.75) is 32.4 Å². The van der Waals surface area contributed by atoms with E-state index in [0.29, 0.717) is 6.61 Å². The maximum Gasteiger partial charge on any atom is 0.181 e. The molecule has 0 radical (unpaired) electrons. The summed E-state index contributed by atoms with van der Waals surface area (Å²) in [5.74, 6) is 0.100. The van der Waals surface area contributed by atoms with Gasteiger partial charge in [-0.15, -0.1) is 0 Å². The molecule has 84 valence electrons. The zero-order chi connectivity index (χ0) is 11.5. The van der Waals surface area contributed by atoms with Crippen molar-refractivity contribution < 1.29 is 4.74 Å². The minimum atomic E-state index is -1.43. The smallest absolute Gasteiger partial charge is 0.181 e. The number of ether oxygens (including phenoxy) is 1. The van der Waals surface area contributed by atoms with Crippen molar-refractivity contribution in [2.75, 3.05) is 6.61 Å². The van der Waals surface area contributed by atoms with Crippen molar-refractivity contribution in [3.8, 4) is 0 Å². The predicted molar refractivity (Wildman–Crippen MR) is 64.7 cm³/mol.